The van der Waals surface area contributed by atoms with E-state index in [1.165, 1.54) is 0 Å². The first-order valence-electron chi connectivity index (χ1n) is 6.74. The summed E-state index contributed by atoms with van der Waals surface area (Å²) in [7, 11) is 3.90. The Balaban J connectivity index is 2.04. The Morgan fingerprint density at radius 2 is 2.10 bits per heavy atom. The van der Waals surface area contributed by atoms with E-state index < -0.39 is 0 Å². The average molecular weight is 307 g/mol. The summed E-state index contributed by atoms with van der Waals surface area (Å²) in [5.41, 5.74) is 0.552. The molecule has 1 aromatic heterocycles. The van der Waals surface area contributed by atoms with Crippen LogP contribution in [0.25, 0.3) is 0 Å². The van der Waals surface area contributed by atoms with Gasteiger partial charge in [-0.05, 0) is 51.4 Å². The van der Waals surface area contributed by atoms with Gasteiger partial charge in [-0.1, -0.05) is 17.7 Å². The molecule has 1 aromatic carbocycles. The zero-order valence-corrected chi connectivity index (χ0v) is 13.1. The van der Waals surface area contributed by atoms with Gasteiger partial charge in [0.25, 0.3) is 5.91 Å². The van der Waals surface area contributed by atoms with Crippen LogP contribution in [0.15, 0.2) is 40.8 Å². The minimum absolute atomic E-state index is 0.0122. The highest BCUT2D eigenvalue weighted by Crippen LogP contribution is 2.20. The molecular weight excluding hydrogens is 288 g/mol. The summed E-state index contributed by atoms with van der Waals surface area (Å²) in [6.07, 6.45) is 0. The van der Waals surface area contributed by atoms with Crippen LogP contribution in [0.4, 0.5) is 0 Å². The van der Waals surface area contributed by atoms with Crippen LogP contribution in [0.5, 0.6) is 0 Å². The fraction of sp³-hybridized carbons (Fsp3) is 0.312. The van der Waals surface area contributed by atoms with E-state index >= 15 is 0 Å². The number of carbonyl (C=O) groups excluding carboxylic acids is 1. The van der Waals surface area contributed by atoms with Crippen molar-refractivity contribution in [2.75, 3.05) is 20.6 Å². The molecule has 0 fully saturated rings. The molecule has 0 radical (unpaired) electrons. The van der Waals surface area contributed by atoms with E-state index in [0.717, 1.165) is 11.5 Å². The SMILES string of the molecule is Cc1ccc([C@H](CNC(=O)c2cccc(Cl)c2)N(C)C)o1. The molecule has 0 saturated carbocycles. The van der Waals surface area contributed by atoms with E-state index in [2.05, 4.69) is 5.32 Å². The number of hydrogen-bond acceptors (Lipinski definition) is 3. The number of furan rings is 1. The highest BCUT2D eigenvalue weighted by atomic mass is 35.5. The number of halogens is 1. The Labute approximate surface area is 129 Å². The first-order valence-corrected chi connectivity index (χ1v) is 7.11. The maximum absolute atomic E-state index is 12.1. The molecular formula is C16H19ClN2O2. The van der Waals surface area contributed by atoms with Crippen LogP contribution in [0.1, 0.15) is 27.9 Å². The second kappa shape index (κ2) is 6.78. The van der Waals surface area contributed by atoms with E-state index in [0.29, 0.717) is 17.1 Å². The minimum Gasteiger partial charge on any atom is -0.465 e. The van der Waals surface area contributed by atoms with Crippen molar-refractivity contribution in [3.8, 4) is 0 Å². The van der Waals surface area contributed by atoms with Gasteiger partial charge in [0, 0.05) is 17.1 Å². The molecule has 112 valence electrons. The third-order valence-electron chi connectivity index (χ3n) is 3.26. The summed E-state index contributed by atoms with van der Waals surface area (Å²) < 4.78 is 5.65. The number of likely N-dealkylation sites (N-methyl/N-ethyl adjacent to an activating group) is 1. The maximum atomic E-state index is 12.1. The number of amides is 1. The van der Waals surface area contributed by atoms with Gasteiger partial charge in [-0.2, -0.15) is 0 Å². The van der Waals surface area contributed by atoms with Crippen LogP contribution in [0.2, 0.25) is 5.02 Å². The first kappa shape index (κ1) is 15.6. The van der Waals surface area contributed by atoms with Crippen molar-refractivity contribution in [2.45, 2.75) is 13.0 Å². The first-order chi connectivity index (χ1) is 9.97. The lowest BCUT2D eigenvalue weighted by molar-refractivity contribution is 0.0939. The third-order valence-corrected chi connectivity index (χ3v) is 3.49. The van der Waals surface area contributed by atoms with Gasteiger partial charge in [-0.25, -0.2) is 0 Å². The minimum atomic E-state index is -0.146. The van der Waals surface area contributed by atoms with Crippen molar-refractivity contribution >= 4 is 17.5 Å². The molecule has 0 bridgehead atoms. The number of aryl methyl sites for hydroxylation is 1. The Hall–Kier alpha value is -1.78. The molecule has 1 heterocycles. The molecule has 2 aromatic rings. The molecule has 1 N–H and O–H groups in total. The highest BCUT2D eigenvalue weighted by molar-refractivity contribution is 6.30. The zero-order valence-electron chi connectivity index (χ0n) is 12.4. The van der Waals surface area contributed by atoms with Gasteiger partial charge in [0.1, 0.15) is 11.5 Å². The van der Waals surface area contributed by atoms with Crippen LogP contribution >= 0.6 is 11.6 Å². The normalized spacial score (nSPS) is 12.4. The predicted molar refractivity (Wildman–Crippen MR) is 83.7 cm³/mol. The van der Waals surface area contributed by atoms with Gasteiger partial charge in [0.2, 0.25) is 0 Å². The van der Waals surface area contributed by atoms with E-state index in [4.69, 9.17) is 16.0 Å². The lowest BCUT2D eigenvalue weighted by atomic mass is 10.2. The summed E-state index contributed by atoms with van der Waals surface area (Å²) in [4.78, 5) is 14.2. The second-order valence-electron chi connectivity index (χ2n) is 5.15. The quantitative estimate of drug-likeness (QED) is 0.922. The Bertz CT molecular complexity index is 622. The summed E-state index contributed by atoms with van der Waals surface area (Å²) in [5, 5.41) is 3.47. The number of nitrogens with zero attached hydrogens (tertiary/aromatic N) is 1. The van der Waals surface area contributed by atoms with Crippen LogP contribution in [0.3, 0.4) is 0 Å². The molecule has 5 heteroatoms. The van der Waals surface area contributed by atoms with Gasteiger partial charge in [0.15, 0.2) is 0 Å². The monoisotopic (exact) mass is 306 g/mol. The number of benzene rings is 1. The van der Waals surface area contributed by atoms with E-state index in [9.17, 15) is 4.79 Å². The number of nitrogens with one attached hydrogen (secondary N) is 1. The van der Waals surface area contributed by atoms with Crippen molar-refractivity contribution in [3.63, 3.8) is 0 Å². The summed E-state index contributed by atoms with van der Waals surface area (Å²) >= 11 is 5.90. The number of rotatable bonds is 5. The van der Waals surface area contributed by atoms with Gasteiger partial charge in [-0.3, -0.25) is 9.69 Å². The molecule has 0 saturated heterocycles. The predicted octanol–water partition coefficient (Wildman–Crippen LogP) is 3.27. The number of hydrogen-bond donors (Lipinski definition) is 1. The molecule has 2 rings (SSSR count). The van der Waals surface area contributed by atoms with Crippen molar-refractivity contribution in [1.29, 1.82) is 0 Å². The molecule has 1 amide bonds. The lowest BCUT2D eigenvalue weighted by Crippen LogP contribution is -2.34. The van der Waals surface area contributed by atoms with Gasteiger partial charge >= 0.3 is 0 Å². The third kappa shape index (κ3) is 4.09. The smallest absolute Gasteiger partial charge is 0.251 e. The van der Waals surface area contributed by atoms with Crippen molar-refractivity contribution in [2.24, 2.45) is 0 Å². The van der Waals surface area contributed by atoms with Gasteiger partial charge < -0.3 is 9.73 Å². The topological polar surface area (TPSA) is 45.5 Å². The standard InChI is InChI=1S/C16H19ClN2O2/c1-11-7-8-15(21-11)14(19(2)3)10-18-16(20)12-5-4-6-13(17)9-12/h4-9,14H,10H2,1-3H3,(H,18,20)/t14-/m0/s1. The van der Waals surface area contributed by atoms with Crippen molar-refractivity contribution in [3.05, 3.63) is 58.5 Å². The van der Waals surface area contributed by atoms with Crippen molar-refractivity contribution < 1.29 is 9.21 Å². The van der Waals surface area contributed by atoms with Gasteiger partial charge in [-0.15, -0.1) is 0 Å². The summed E-state index contributed by atoms with van der Waals surface area (Å²) in [6.45, 7) is 2.37. The fourth-order valence-electron chi connectivity index (χ4n) is 2.09. The lowest BCUT2D eigenvalue weighted by Gasteiger charge is -2.22. The van der Waals surface area contributed by atoms with Crippen LogP contribution < -0.4 is 5.32 Å². The molecule has 1 atom stereocenters. The van der Waals surface area contributed by atoms with Crippen molar-refractivity contribution in [1.82, 2.24) is 10.2 Å². The molecule has 4 nitrogen and oxygen atoms in total. The molecule has 21 heavy (non-hydrogen) atoms. The Morgan fingerprint density at radius 3 is 2.67 bits per heavy atom. The highest BCUT2D eigenvalue weighted by Gasteiger charge is 2.19. The average Bonchev–Trinajstić information content (AvgIpc) is 2.85. The van der Waals surface area contributed by atoms with E-state index in [-0.39, 0.29) is 11.9 Å². The maximum Gasteiger partial charge on any atom is 0.251 e. The second-order valence-corrected chi connectivity index (χ2v) is 5.58. The summed E-state index contributed by atoms with van der Waals surface area (Å²) in [5.74, 6) is 1.55. The van der Waals surface area contributed by atoms with E-state index in [1.807, 2.05) is 38.1 Å². The molecule has 0 aliphatic rings. The Morgan fingerprint density at radius 1 is 1.33 bits per heavy atom. The molecule has 0 aliphatic carbocycles. The summed E-state index contributed by atoms with van der Waals surface area (Å²) in [6, 6.07) is 10.7. The van der Waals surface area contributed by atoms with Crippen LogP contribution in [-0.2, 0) is 0 Å². The zero-order chi connectivity index (χ0) is 15.4. The fourth-order valence-corrected chi connectivity index (χ4v) is 2.28. The number of carbonyl (C=O) groups is 1. The Kier molecular flexibility index (Phi) is 5.04. The van der Waals surface area contributed by atoms with Crippen LogP contribution in [-0.4, -0.2) is 31.4 Å². The van der Waals surface area contributed by atoms with Gasteiger partial charge in [0.05, 0.1) is 6.04 Å². The van der Waals surface area contributed by atoms with E-state index in [1.54, 1.807) is 24.3 Å². The molecule has 0 unspecified atom stereocenters. The largest absolute Gasteiger partial charge is 0.465 e. The molecule has 0 aliphatic heterocycles. The van der Waals surface area contributed by atoms with Crippen LogP contribution in [0, 0.1) is 6.92 Å². The molecule has 0 spiro atoms.